The molecule has 10 heteroatoms. The quantitative estimate of drug-likeness (QED) is 0.309. The second-order valence-electron chi connectivity index (χ2n) is 8.35. The summed E-state index contributed by atoms with van der Waals surface area (Å²) < 4.78 is 52.8. The zero-order chi connectivity index (χ0) is 24.4. The van der Waals surface area contributed by atoms with Gasteiger partial charge in [0.1, 0.15) is 11.6 Å². The van der Waals surface area contributed by atoms with Gasteiger partial charge in [0, 0.05) is 23.4 Å². The number of halogens is 4. The molecule has 0 radical (unpaired) electrons. The van der Waals surface area contributed by atoms with Crippen LogP contribution < -0.4 is 10.6 Å². The molecule has 3 N–H and O–H groups in total. The molecule has 0 spiro atoms. The van der Waals surface area contributed by atoms with E-state index in [2.05, 4.69) is 25.6 Å². The van der Waals surface area contributed by atoms with Crippen LogP contribution in [0.4, 0.5) is 29.2 Å². The van der Waals surface area contributed by atoms with Crippen molar-refractivity contribution in [2.24, 2.45) is 0 Å². The molecule has 0 amide bonds. The highest BCUT2D eigenvalue weighted by molar-refractivity contribution is 5.77. The minimum Gasteiger partial charge on any atom is -0.340 e. The smallest absolute Gasteiger partial charge is 0.340 e. The average molecular weight is 482 g/mol. The predicted molar refractivity (Wildman–Crippen MR) is 125 cm³/mol. The summed E-state index contributed by atoms with van der Waals surface area (Å²) in [6.07, 6.45) is -1.06. The van der Waals surface area contributed by atoms with E-state index in [1.807, 2.05) is 0 Å². The highest BCUT2D eigenvalue weighted by Gasteiger charge is 2.30. The third-order valence-corrected chi connectivity index (χ3v) is 5.92. The number of nitrogens with zero attached hydrogens (tertiary/aromatic N) is 3. The zero-order valence-corrected chi connectivity index (χ0v) is 18.5. The molecule has 6 nitrogen and oxygen atoms in total. The molecule has 1 aliphatic rings. The molecule has 0 atom stereocenters. The number of benzene rings is 2. The van der Waals surface area contributed by atoms with Crippen LogP contribution in [-0.4, -0.2) is 33.0 Å². The van der Waals surface area contributed by atoms with E-state index in [1.165, 1.54) is 30.5 Å². The lowest BCUT2D eigenvalue weighted by Gasteiger charge is -2.20. The van der Waals surface area contributed by atoms with Gasteiger partial charge in [-0.2, -0.15) is 13.2 Å². The Labute approximate surface area is 198 Å². The van der Waals surface area contributed by atoms with E-state index in [0.29, 0.717) is 17.1 Å². The number of rotatable bonds is 5. The maximum Gasteiger partial charge on any atom is 0.416 e. The summed E-state index contributed by atoms with van der Waals surface area (Å²) >= 11 is 0. The summed E-state index contributed by atoms with van der Waals surface area (Å²) in [6, 6.07) is 12.6. The van der Waals surface area contributed by atoms with E-state index >= 15 is 0 Å². The van der Waals surface area contributed by atoms with E-state index in [9.17, 15) is 17.6 Å². The number of H-pyrrole nitrogens is 1. The fraction of sp³-hybridized carbons (Fsp3) is 0.240. The van der Waals surface area contributed by atoms with Crippen molar-refractivity contribution in [1.29, 1.82) is 0 Å². The zero-order valence-electron chi connectivity index (χ0n) is 18.5. The summed E-state index contributed by atoms with van der Waals surface area (Å²) in [7, 11) is 0. The van der Waals surface area contributed by atoms with E-state index < -0.39 is 11.7 Å². The Kier molecular flexibility index (Phi) is 6.21. The van der Waals surface area contributed by atoms with Crippen molar-refractivity contribution < 1.29 is 17.6 Å². The molecule has 5 rings (SSSR count). The van der Waals surface area contributed by atoms with Gasteiger partial charge < -0.3 is 15.6 Å². The SMILES string of the molecule is Fc1ccc(-c2nc(C3CCNCC3)[nH]c2-c2ccnc(Nc3cccc(C(F)(F)F)c3)n2)cc1. The molecular weight excluding hydrogens is 460 g/mol. The molecule has 4 aromatic rings. The summed E-state index contributed by atoms with van der Waals surface area (Å²) in [5, 5.41) is 6.19. The van der Waals surface area contributed by atoms with E-state index in [4.69, 9.17) is 4.98 Å². The Balaban J connectivity index is 1.51. The molecule has 1 saturated heterocycles. The highest BCUT2D eigenvalue weighted by atomic mass is 19.4. The monoisotopic (exact) mass is 482 g/mol. The number of aromatic nitrogens is 4. The van der Waals surface area contributed by atoms with Crippen LogP contribution in [0.5, 0.6) is 0 Å². The van der Waals surface area contributed by atoms with Gasteiger partial charge in [0.05, 0.1) is 22.6 Å². The Morgan fingerprint density at radius 2 is 1.71 bits per heavy atom. The summed E-state index contributed by atoms with van der Waals surface area (Å²) in [5.74, 6) is 0.865. The molecule has 0 unspecified atom stereocenters. The van der Waals surface area contributed by atoms with Crippen LogP contribution in [0.3, 0.4) is 0 Å². The van der Waals surface area contributed by atoms with Gasteiger partial charge in [-0.25, -0.2) is 19.3 Å². The lowest BCUT2D eigenvalue weighted by Crippen LogP contribution is -2.27. The fourth-order valence-electron chi connectivity index (χ4n) is 4.14. The molecule has 2 aromatic heterocycles. The van der Waals surface area contributed by atoms with Crippen molar-refractivity contribution in [3.05, 3.63) is 78.0 Å². The molecule has 35 heavy (non-hydrogen) atoms. The molecule has 2 aromatic carbocycles. The van der Waals surface area contributed by atoms with Crippen molar-refractivity contribution in [2.45, 2.75) is 24.9 Å². The van der Waals surface area contributed by atoms with Crippen LogP contribution in [0, 0.1) is 5.82 Å². The third kappa shape index (κ3) is 5.17. The van der Waals surface area contributed by atoms with Crippen molar-refractivity contribution in [1.82, 2.24) is 25.3 Å². The van der Waals surface area contributed by atoms with Gasteiger partial charge in [-0.1, -0.05) is 6.07 Å². The first-order valence-electron chi connectivity index (χ1n) is 11.2. The van der Waals surface area contributed by atoms with Crippen molar-refractivity contribution in [3.63, 3.8) is 0 Å². The van der Waals surface area contributed by atoms with Crippen LogP contribution in [0.2, 0.25) is 0 Å². The van der Waals surface area contributed by atoms with Crippen molar-refractivity contribution in [3.8, 4) is 22.6 Å². The Bertz CT molecular complexity index is 1310. The second-order valence-corrected chi connectivity index (χ2v) is 8.35. The molecule has 1 fully saturated rings. The van der Waals surface area contributed by atoms with Crippen molar-refractivity contribution >= 4 is 11.6 Å². The number of anilines is 2. The van der Waals surface area contributed by atoms with Gasteiger partial charge in [0.15, 0.2) is 0 Å². The first-order chi connectivity index (χ1) is 16.9. The van der Waals surface area contributed by atoms with Gasteiger partial charge in [-0.3, -0.25) is 0 Å². The number of piperidine rings is 1. The number of hydrogen-bond acceptors (Lipinski definition) is 5. The number of imidazole rings is 1. The lowest BCUT2D eigenvalue weighted by molar-refractivity contribution is -0.137. The van der Waals surface area contributed by atoms with Crippen molar-refractivity contribution in [2.75, 3.05) is 18.4 Å². The van der Waals surface area contributed by atoms with Gasteiger partial charge in [-0.05, 0) is 74.5 Å². The molecule has 1 aliphatic heterocycles. The van der Waals surface area contributed by atoms with Crippen LogP contribution >= 0.6 is 0 Å². The molecule has 180 valence electrons. The summed E-state index contributed by atoms with van der Waals surface area (Å²) in [5.41, 5.74) is 1.96. The maximum absolute atomic E-state index is 13.5. The fourth-order valence-corrected chi connectivity index (χ4v) is 4.14. The first kappa shape index (κ1) is 23.0. The number of nitrogens with one attached hydrogen (secondary N) is 3. The minimum atomic E-state index is -4.45. The van der Waals surface area contributed by atoms with Crippen LogP contribution in [0.15, 0.2) is 60.8 Å². The third-order valence-electron chi connectivity index (χ3n) is 5.92. The van der Waals surface area contributed by atoms with Crippen LogP contribution in [-0.2, 0) is 6.18 Å². The first-order valence-corrected chi connectivity index (χ1v) is 11.2. The van der Waals surface area contributed by atoms with Gasteiger partial charge in [0.2, 0.25) is 5.95 Å². The maximum atomic E-state index is 13.5. The standard InChI is InChI=1S/C25H22F4N6/c26-18-6-4-15(5-7-18)21-22(35-23(34-21)16-8-11-30-12-9-16)20-10-13-31-24(33-20)32-19-3-1-2-17(14-19)25(27,28)29/h1-7,10,13-14,16,30H,8-9,11-12H2,(H,34,35)(H,31,32,33). The number of aromatic amines is 1. The Morgan fingerprint density at radius 3 is 2.46 bits per heavy atom. The average Bonchev–Trinajstić information content (AvgIpc) is 3.31. The summed E-state index contributed by atoms with van der Waals surface area (Å²) in [6.45, 7) is 1.79. The molecule has 0 saturated carbocycles. The molecule has 0 bridgehead atoms. The predicted octanol–water partition coefficient (Wildman–Crippen LogP) is 5.90. The second kappa shape index (κ2) is 9.46. The van der Waals surface area contributed by atoms with E-state index in [-0.39, 0.29) is 23.4 Å². The molecular formula is C25H22F4N6. The largest absolute Gasteiger partial charge is 0.416 e. The van der Waals surface area contributed by atoms with Crippen LogP contribution in [0.1, 0.15) is 30.1 Å². The lowest BCUT2D eigenvalue weighted by atomic mass is 9.98. The molecule has 3 heterocycles. The topological polar surface area (TPSA) is 78.5 Å². The van der Waals surface area contributed by atoms with Crippen LogP contribution in [0.25, 0.3) is 22.6 Å². The number of alkyl halides is 3. The highest BCUT2D eigenvalue weighted by Crippen LogP contribution is 2.34. The molecule has 0 aliphatic carbocycles. The van der Waals surface area contributed by atoms with E-state index in [1.54, 1.807) is 18.2 Å². The number of hydrogen-bond donors (Lipinski definition) is 3. The Morgan fingerprint density at radius 1 is 0.943 bits per heavy atom. The van der Waals surface area contributed by atoms with Gasteiger partial charge in [-0.15, -0.1) is 0 Å². The normalized spacial score (nSPS) is 14.7. The van der Waals surface area contributed by atoms with E-state index in [0.717, 1.165) is 49.5 Å². The van der Waals surface area contributed by atoms with Gasteiger partial charge in [0.25, 0.3) is 0 Å². The van der Waals surface area contributed by atoms with Gasteiger partial charge >= 0.3 is 6.18 Å². The summed E-state index contributed by atoms with van der Waals surface area (Å²) in [4.78, 5) is 17.0. The minimum absolute atomic E-state index is 0.143. The Hall–Kier alpha value is -3.79.